The standard InChI is InChI=1S/C15H12ClN5O/c1-10-12(9-19-21(10)14-4-2-3-7-17-14)15(22)20-13-6-5-11(16)8-18-13/h2-9H,1H3,(H,18,20,22). The van der Waals surface area contributed by atoms with Crippen LogP contribution >= 0.6 is 11.6 Å². The molecule has 3 aromatic rings. The Balaban J connectivity index is 1.85. The molecular formula is C15H12ClN5O. The fourth-order valence-corrected chi connectivity index (χ4v) is 2.09. The van der Waals surface area contributed by atoms with Gasteiger partial charge in [0, 0.05) is 12.4 Å². The summed E-state index contributed by atoms with van der Waals surface area (Å²) in [5.41, 5.74) is 1.16. The smallest absolute Gasteiger partial charge is 0.260 e. The fraction of sp³-hybridized carbons (Fsp3) is 0.0667. The lowest BCUT2D eigenvalue weighted by atomic mass is 10.2. The lowest BCUT2D eigenvalue weighted by Crippen LogP contribution is -2.14. The van der Waals surface area contributed by atoms with Gasteiger partial charge in [0.25, 0.3) is 5.91 Å². The Morgan fingerprint density at radius 1 is 1.18 bits per heavy atom. The van der Waals surface area contributed by atoms with Crippen molar-refractivity contribution in [3.8, 4) is 5.82 Å². The van der Waals surface area contributed by atoms with Crippen molar-refractivity contribution in [2.24, 2.45) is 0 Å². The van der Waals surface area contributed by atoms with Gasteiger partial charge in [-0.2, -0.15) is 5.10 Å². The van der Waals surface area contributed by atoms with E-state index in [1.165, 1.54) is 12.4 Å². The number of carbonyl (C=O) groups is 1. The molecule has 6 nitrogen and oxygen atoms in total. The number of halogens is 1. The molecule has 1 N–H and O–H groups in total. The summed E-state index contributed by atoms with van der Waals surface area (Å²) < 4.78 is 1.62. The summed E-state index contributed by atoms with van der Waals surface area (Å²) in [6.45, 7) is 1.81. The topological polar surface area (TPSA) is 72.7 Å². The quantitative estimate of drug-likeness (QED) is 0.807. The van der Waals surface area contributed by atoms with Crippen molar-refractivity contribution in [2.45, 2.75) is 6.92 Å². The van der Waals surface area contributed by atoms with Crippen molar-refractivity contribution in [3.05, 3.63) is 65.2 Å². The molecule has 3 heterocycles. The molecule has 0 aliphatic carbocycles. The third kappa shape index (κ3) is 2.82. The second-order valence-electron chi connectivity index (χ2n) is 4.56. The summed E-state index contributed by atoms with van der Waals surface area (Å²) in [5, 5.41) is 7.43. The molecule has 0 fully saturated rings. The van der Waals surface area contributed by atoms with Gasteiger partial charge in [-0.25, -0.2) is 14.6 Å². The van der Waals surface area contributed by atoms with Crippen molar-refractivity contribution < 1.29 is 4.79 Å². The van der Waals surface area contributed by atoms with Gasteiger partial charge in [0.1, 0.15) is 5.82 Å². The zero-order valence-electron chi connectivity index (χ0n) is 11.7. The Labute approximate surface area is 131 Å². The Morgan fingerprint density at radius 3 is 2.73 bits per heavy atom. The highest BCUT2D eigenvalue weighted by molar-refractivity contribution is 6.30. The zero-order valence-corrected chi connectivity index (χ0v) is 12.4. The number of pyridine rings is 2. The van der Waals surface area contributed by atoms with Gasteiger partial charge in [-0.05, 0) is 31.2 Å². The molecule has 0 saturated carbocycles. The molecule has 0 bridgehead atoms. The van der Waals surface area contributed by atoms with E-state index in [1.807, 2.05) is 25.1 Å². The number of hydrogen-bond donors (Lipinski definition) is 1. The average molecular weight is 314 g/mol. The number of anilines is 1. The maximum atomic E-state index is 12.3. The molecule has 0 radical (unpaired) electrons. The first kappa shape index (κ1) is 14.2. The van der Waals surface area contributed by atoms with Gasteiger partial charge >= 0.3 is 0 Å². The first-order chi connectivity index (χ1) is 10.6. The maximum Gasteiger partial charge on any atom is 0.260 e. The average Bonchev–Trinajstić information content (AvgIpc) is 2.92. The van der Waals surface area contributed by atoms with E-state index in [-0.39, 0.29) is 5.91 Å². The Bertz CT molecular complexity index is 799. The van der Waals surface area contributed by atoms with Crippen molar-refractivity contribution >= 4 is 23.3 Å². The third-order valence-electron chi connectivity index (χ3n) is 3.09. The SMILES string of the molecule is Cc1c(C(=O)Nc2ccc(Cl)cn2)cnn1-c1ccccn1. The molecule has 22 heavy (non-hydrogen) atoms. The molecule has 0 aliphatic heterocycles. The van der Waals surface area contributed by atoms with Crippen LogP contribution in [-0.2, 0) is 0 Å². The van der Waals surface area contributed by atoms with Crippen LogP contribution < -0.4 is 5.32 Å². The molecular weight excluding hydrogens is 302 g/mol. The van der Waals surface area contributed by atoms with Crippen molar-refractivity contribution in [1.82, 2.24) is 19.7 Å². The van der Waals surface area contributed by atoms with Gasteiger partial charge in [0.05, 0.1) is 22.5 Å². The van der Waals surface area contributed by atoms with E-state index < -0.39 is 0 Å². The Kier molecular flexibility index (Phi) is 3.84. The second kappa shape index (κ2) is 5.95. The van der Waals surface area contributed by atoms with Crippen LogP contribution in [0.3, 0.4) is 0 Å². The van der Waals surface area contributed by atoms with E-state index in [2.05, 4.69) is 20.4 Å². The summed E-state index contributed by atoms with van der Waals surface area (Å²) >= 11 is 5.77. The van der Waals surface area contributed by atoms with E-state index in [1.54, 1.807) is 23.0 Å². The number of aromatic nitrogens is 4. The van der Waals surface area contributed by atoms with Gasteiger partial charge in [-0.3, -0.25) is 4.79 Å². The van der Waals surface area contributed by atoms with Crippen LogP contribution in [0.4, 0.5) is 5.82 Å². The van der Waals surface area contributed by atoms with Crippen molar-refractivity contribution in [2.75, 3.05) is 5.32 Å². The number of nitrogens with one attached hydrogen (secondary N) is 1. The Hall–Kier alpha value is -2.73. The highest BCUT2D eigenvalue weighted by Crippen LogP contribution is 2.15. The molecule has 0 spiro atoms. The number of hydrogen-bond acceptors (Lipinski definition) is 4. The highest BCUT2D eigenvalue weighted by atomic mass is 35.5. The molecule has 0 unspecified atom stereocenters. The summed E-state index contributed by atoms with van der Waals surface area (Å²) in [4.78, 5) is 20.6. The fourth-order valence-electron chi connectivity index (χ4n) is 1.98. The highest BCUT2D eigenvalue weighted by Gasteiger charge is 2.16. The van der Waals surface area contributed by atoms with Crippen molar-refractivity contribution in [3.63, 3.8) is 0 Å². The third-order valence-corrected chi connectivity index (χ3v) is 3.31. The zero-order chi connectivity index (χ0) is 15.5. The van der Waals surface area contributed by atoms with Gasteiger partial charge in [-0.15, -0.1) is 0 Å². The lowest BCUT2D eigenvalue weighted by Gasteiger charge is -2.05. The van der Waals surface area contributed by atoms with Gasteiger partial charge in [-0.1, -0.05) is 17.7 Å². The van der Waals surface area contributed by atoms with Crippen molar-refractivity contribution in [1.29, 1.82) is 0 Å². The molecule has 0 aliphatic rings. The predicted octanol–water partition coefficient (Wildman–Crippen LogP) is 2.88. The molecule has 0 aromatic carbocycles. The molecule has 3 aromatic heterocycles. The van der Waals surface area contributed by atoms with E-state index in [0.29, 0.717) is 27.9 Å². The number of amides is 1. The molecule has 0 atom stereocenters. The molecule has 110 valence electrons. The first-order valence-corrected chi connectivity index (χ1v) is 6.92. The maximum absolute atomic E-state index is 12.3. The number of rotatable bonds is 3. The Morgan fingerprint density at radius 2 is 2.05 bits per heavy atom. The summed E-state index contributed by atoms with van der Waals surface area (Å²) in [7, 11) is 0. The minimum atomic E-state index is -0.283. The monoisotopic (exact) mass is 313 g/mol. The lowest BCUT2D eigenvalue weighted by molar-refractivity contribution is 0.102. The summed E-state index contributed by atoms with van der Waals surface area (Å²) in [6.07, 6.45) is 4.66. The normalized spacial score (nSPS) is 10.5. The van der Waals surface area contributed by atoms with Crippen LogP contribution in [-0.4, -0.2) is 25.7 Å². The number of carbonyl (C=O) groups excluding carboxylic acids is 1. The summed E-state index contributed by atoms with van der Waals surface area (Å²) in [5.74, 6) is 0.803. The van der Waals surface area contributed by atoms with Crippen LogP contribution in [0.5, 0.6) is 0 Å². The van der Waals surface area contributed by atoms with Crippen LogP contribution in [0.15, 0.2) is 48.9 Å². The molecule has 3 rings (SSSR count). The minimum absolute atomic E-state index is 0.283. The predicted molar refractivity (Wildman–Crippen MR) is 83.3 cm³/mol. The minimum Gasteiger partial charge on any atom is -0.306 e. The van der Waals surface area contributed by atoms with E-state index >= 15 is 0 Å². The van der Waals surface area contributed by atoms with E-state index in [4.69, 9.17) is 11.6 Å². The van der Waals surface area contributed by atoms with Crippen LogP contribution in [0.25, 0.3) is 5.82 Å². The van der Waals surface area contributed by atoms with Crippen LogP contribution in [0, 0.1) is 6.92 Å². The molecule has 0 saturated heterocycles. The second-order valence-corrected chi connectivity index (χ2v) is 5.00. The first-order valence-electron chi connectivity index (χ1n) is 6.54. The van der Waals surface area contributed by atoms with E-state index in [9.17, 15) is 4.79 Å². The van der Waals surface area contributed by atoms with Crippen LogP contribution in [0.1, 0.15) is 16.1 Å². The van der Waals surface area contributed by atoms with Gasteiger partial charge in [0.2, 0.25) is 0 Å². The molecule has 7 heteroatoms. The largest absolute Gasteiger partial charge is 0.306 e. The van der Waals surface area contributed by atoms with E-state index in [0.717, 1.165) is 0 Å². The summed E-state index contributed by atoms with van der Waals surface area (Å²) in [6, 6.07) is 8.80. The number of nitrogens with zero attached hydrogens (tertiary/aromatic N) is 4. The van der Waals surface area contributed by atoms with Gasteiger partial charge in [0.15, 0.2) is 5.82 Å². The van der Waals surface area contributed by atoms with Gasteiger partial charge < -0.3 is 5.32 Å². The van der Waals surface area contributed by atoms with Crippen LogP contribution in [0.2, 0.25) is 5.02 Å². The molecule has 1 amide bonds.